The van der Waals surface area contributed by atoms with Crippen LogP contribution in [0.5, 0.6) is 0 Å². The van der Waals surface area contributed by atoms with Crippen molar-refractivity contribution in [3.05, 3.63) is 65.5 Å². The molecule has 0 aliphatic rings. The highest BCUT2D eigenvalue weighted by Crippen LogP contribution is 2.12. The number of aryl methyl sites for hydroxylation is 1. The van der Waals surface area contributed by atoms with E-state index in [1.54, 1.807) is 12.4 Å². The number of hydrogen-bond donors (Lipinski definition) is 1. The van der Waals surface area contributed by atoms with Crippen molar-refractivity contribution >= 4 is 5.91 Å². The molecule has 1 N–H and O–H groups in total. The van der Waals surface area contributed by atoms with Crippen LogP contribution in [0.25, 0.3) is 0 Å². The Morgan fingerprint density at radius 3 is 2.61 bits per heavy atom. The van der Waals surface area contributed by atoms with Gasteiger partial charge in [0, 0.05) is 18.0 Å². The lowest BCUT2D eigenvalue weighted by Crippen LogP contribution is -2.26. The number of aromatic nitrogens is 1. The first-order chi connectivity index (χ1) is 8.66. The van der Waals surface area contributed by atoms with E-state index >= 15 is 0 Å². The lowest BCUT2D eigenvalue weighted by molar-refractivity contribution is 0.0940. The summed E-state index contributed by atoms with van der Waals surface area (Å²) in [7, 11) is 0. The van der Waals surface area contributed by atoms with E-state index in [0.29, 0.717) is 5.56 Å². The molecule has 0 aliphatic heterocycles. The molecule has 18 heavy (non-hydrogen) atoms. The second-order valence-corrected chi connectivity index (χ2v) is 4.35. The molecule has 3 heteroatoms. The summed E-state index contributed by atoms with van der Waals surface area (Å²) in [5.41, 5.74) is 2.82. The predicted molar refractivity (Wildman–Crippen MR) is 71.3 cm³/mol. The van der Waals surface area contributed by atoms with Crippen LogP contribution in [-0.4, -0.2) is 10.9 Å². The third-order valence-electron chi connectivity index (χ3n) is 2.83. The van der Waals surface area contributed by atoms with Gasteiger partial charge in [-0.3, -0.25) is 9.78 Å². The first kappa shape index (κ1) is 12.3. The highest BCUT2D eigenvalue weighted by Gasteiger charge is 2.10. The van der Waals surface area contributed by atoms with E-state index in [9.17, 15) is 4.79 Å². The monoisotopic (exact) mass is 240 g/mol. The van der Waals surface area contributed by atoms with Crippen LogP contribution in [0.15, 0.2) is 48.8 Å². The van der Waals surface area contributed by atoms with Crippen LogP contribution in [-0.2, 0) is 0 Å². The lowest BCUT2D eigenvalue weighted by Gasteiger charge is -2.14. The molecule has 0 saturated heterocycles. The van der Waals surface area contributed by atoms with Crippen LogP contribution in [0.1, 0.15) is 34.5 Å². The summed E-state index contributed by atoms with van der Waals surface area (Å²) in [6, 6.07) is 11.4. The summed E-state index contributed by atoms with van der Waals surface area (Å²) < 4.78 is 0. The van der Waals surface area contributed by atoms with Crippen molar-refractivity contribution in [2.75, 3.05) is 0 Å². The number of nitrogens with one attached hydrogen (secondary N) is 1. The van der Waals surface area contributed by atoms with Gasteiger partial charge in [-0.05, 0) is 43.7 Å². The highest BCUT2D eigenvalue weighted by atomic mass is 16.1. The van der Waals surface area contributed by atoms with Crippen molar-refractivity contribution in [3.63, 3.8) is 0 Å². The second kappa shape index (κ2) is 5.45. The zero-order chi connectivity index (χ0) is 13.0. The predicted octanol–water partition coefficient (Wildman–Crippen LogP) is 2.88. The summed E-state index contributed by atoms with van der Waals surface area (Å²) in [5.74, 6) is -0.0528. The Labute approximate surface area is 107 Å². The van der Waals surface area contributed by atoms with Crippen LogP contribution in [0.3, 0.4) is 0 Å². The Morgan fingerprint density at radius 2 is 1.94 bits per heavy atom. The molecule has 1 atom stereocenters. The number of benzene rings is 1. The minimum Gasteiger partial charge on any atom is -0.346 e. The topological polar surface area (TPSA) is 42.0 Å². The summed E-state index contributed by atoms with van der Waals surface area (Å²) in [4.78, 5) is 16.0. The van der Waals surface area contributed by atoms with Gasteiger partial charge >= 0.3 is 0 Å². The molecule has 1 aromatic carbocycles. The van der Waals surface area contributed by atoms with Gasteiger partial charge in [-0.25, -0.2) is 0 Å². The van der Waals surface area contributed by atoms with Gasteiger partial charge in [-0.15, -0.1) is 0 Å². The highest BCUT2D eigenvalue weighted by molar-refractivity contribution is 5.94. The molecule has 2 rings (SSSR count). The number of carbonyl (C=O) groups is 1. The normalized spacial score (nSPS) is 11.9. The summed E-state index contributed by atoms with van der Waals surface area (Å²) in [5, 5.41) is 2.97. The van der Waals surface area contributed by atoms with Crippen LogP contribution < -0.4 is 5.32 Å². The summed E-state index contributed by atoms with van der Waals surface area (Å²) in [6.45, 7) is 3.94. The van der Waals surface area contributed by atoms with Crippen molar-refractivity contribution in [2.24, 2.45) is 0 Å². The van der Waals surface area contributed by atoms with Crippen LogP contribution in [0, 0.1) is 6.92 Å². The Hall–Kier alpha value is -2.16. The number of amides is 1. The maximum Gasteiger partial charge on any atom is 0.251 e. The first-order valence-electron chi connectivity index (χ1n) is 5.94. The van der Waals surface area contributed by atoms with Gasteiger partial charge in [0.2, 0.25) is 0 Å². The van der Waals surface area contributed by atoms with Gasteiger partial charge in [0.25, 0.3) is 5.91 Å². The Balaban J connectivity index is 2.08. The maximum absolute atomic E-state index is 12.1. The SMILES string of the molecule is Cc1cccc(C(=O)NC(C)c2ccncc2)c1. The molecule has 0 spiro atoms. The molecular formula is C15H16N2O. The molecule has 2 aromatic rings. The Bertz CT molecular complexity index is 537. The Kier molecular flexibility index (Phi) is 3.72. The molecule has 1 unspecified atom stereocenters. The number of nitrogens with zero attached hydrogens (tertiary/aromatic N) is 1. The van der Waals surface area contributed by atoms with Crippen molar-refractivity contribution < 1.29 is 4.79 Å². The smallest absolute Gasteiger partial charge is 0.251 e. The minimum atomic E-state index is -0.0528. The van der Waals surface area contributed by atoms with Crippen molar-refractivity contribution in [1.82, 2.24) is 10.3 Å². The molecule has 0 aliphatic carbocycles. The summed E-state index contributed by atoms with van der Waals surface area (Å²) in [6.07, 6.45) is 3.45. The van der Waals surface area contributed by atoms with E-state index in [-0.39, 0.29) is 11.9 Å². The zero-order valence-electron chi connectivity index (χ0n) is 10.6. The second-order valence-electron chi connectivity index (χ2n) is 4.35. The molecule has 0 bridgehead atoms. The maximum atomic E-state index is 12.1. The van der Waals surface area contributed by atoms with E-state index in [0.717, 1.165) is 11.1 Å². The summed E-state index contributed by atoms with van der Waals surface area (Å²) >= 11 is 0. The first-order valence-corrected chi connectivity index (χ1v) is 5.94. The van der Waals surface area contributed by atoms with Gasteiger partial charge in [0.15, 0.2) is 0 Å². The van der Waals surface area contributed by atoms with Crippen LogP contribution >= 0.6 is 0 Å². The fourth-order valence-electron chi connectivity index (χ4n) is 1.80. The molecule has 1 heterocycles. The standard InChI is InChI=1S/C15H16N2O/c1-11-4-3-5-14(10-11)15(18)17-12(2)13-6-8-16-9-7-13/h3-10,12H,1-2H3,(H,17,18). The van der Waals surface area contributed by atoms with Gasteiger partial charge in [-0.1, -0.05) is 17.7 Å². The van der Waals surface area contributed by atoms with Gasteiger partial charge in [0.05, 0.1) is 6.04 Å². The molecule has 1 aromatic heterocycles. The fraction of sp³-hybridized carbons (Fsp3) is 0.200. The van der Waals surface area contributed by atoms with E-state index < -0.39 is 0 Å². The molecular weight excluding hydrogens is 224 g/mol. The van der Waals surface area contributed by atoms with E-state index in [2.05, 4.69) is 10.3 Å². The number of hydrogen-bond acceptors (Lipinski definition) is 2. The lowest BCUT2D eigenvalue weighted by atomic mass is 10.1. The van der Waals surface area contributed by atoms with Gasteiger partial charge < -0.3 is 5.32 Å². The quantitative estimate of drug-likeness (QED) is 0.896. The molecule has 3 nitrogen and oxygen atoms in total. The van der Waals surface area contributed by atoms with E-state index in [4.69, 9.17) is 0 Å². The average Bonchev–Trinajstić information content (AvgIpc) is 2.39. The zero-order valence-corrected chi connectivity index (χ0v) is 10.6. The number of carbonyl (C=O) groups excluding carboxylic acids is 1. The molecule has 92 valence electrons. The number of pyridine rings is 1. The fourth-order valence-corrected chi connectivity index (χ4v) is 1.80. The molecule has 0 fully saturated rings. The minimum absolute atomic E-state index is 0.0268. The average molecular weight is 240 g/mol. The van der Waals surface area contributed by atoms with Crippen molar-refractivity contribution in [3.8, 4) is 0 Å². The van der Waals surface area contributed by atoms with Crippen LogP contribution in [0.2, 0.25) is 0 Å². The van der Waals surface area contributed by atoms with Gasteiger partial charge in [0.1, 0.15) is 0 Å². The van der Waals surface area contributed by atoms with Crippen LogP contribution in [0.4, 0.5) is 0 Å². The van der Waals surface area contributed by atoms with Gasteiger partial charge in [-0.2, -0.15) is 0 Å². The van der Waals surface area contributed by atoms with Crippen molar-refractivity contribution in [2.45, 2.75) is 19.9 Å². The molecule has 0 radical (unpaired) electrons. The third kappa shape index (κ3) is 2.94. The third-order valence-corrected chi connectivity index (χ3v) is 2.83. The van der Waals surface area contributed by atoms with E-state index in [1.807, 2.05) is 50.2 Å². The number of rotatable bonds is 3. The molecule has 0 saturated carbocycles. The van der Waals surface area contributed by atoms with Crippen molar-refractivity contribution in [1.29, 1.82) is 0 Å². The van der Waals surface area contributed by atoms with E-state index in [1.165, 1.54) is 0 Å². The largest absolute Gasteiger partial charge is 0.346 e. The molecule has 1 amide bonds. The Morgan fingerprint density at radius 1 is 1.22 bits per heavy atom.